The van der Waals surface area contributed by atoms with Crippen LogP contribution in [0.1, 0.15) is 17.0 Å². The molecule has 1 aliphatic carbocycles. The van der Waals surface area contributed by atoms with Crippen molar-refractivity contribution >= 4 is 15.8 Å². The minimum absolute atomic E-state index is 0.0801. The van der Waals surface area contributed by atoms with Crippen LogP contribution in [0.3, 0.4) is 0 Å². The van der Waals surface area contributed by atoms with Crippen LogP contribution in [0, 0.1) is 12.3 Å². The molecule has 4 rings (SSSR count). The second kappa shape index (κ2) is 6.49. The van der Waals surface area contributed by atoms with E-state index in [1.54, 1.807) is 30.3 Å². The number of carbonyl (C=O) groups is 1. The topological polar surface area (TPSA) is 99.1 Å². The van der Waals surface area contributed by atoms with Gasteiger partial charge in [-0.25, -0.2) is 8.42 Å². The van der Waals surface area contributed by atoms with E-state index < -0.39 is 32.4 Å². The highest BCUT2D eigenvalue weighted by Crippen LogP contribution is 2.65. The minimum Gasteiger partial charge on any atom is -0.481 e. The van der Waals surface area contributed by atoms with Gasteiger partial charge < -0.3 is 19.3 Å². The summed E-state index contributed by atoms with van der Waals surface area (Å²) in [4.78, 5) is 12.3. The van der Waals surface area contributed by atoms with Crippen molar-refractivity contribution in [2.24, 2.45) is 5.41 Å². The molecule has 7 nitrogen and oxygen atoms in total. The number of sulfone groups is 1. The van der Waals surface area contributed by atoms with Crippen molar-refractivity contribution in [3.63, 3.8) is 0 Å². The van der Waals surface area contributed by atoms with Crippen LogP contribution < -0.4 is 9.47 Å². The molecule has 28 heavy (non-hydrogen) atoms. The summed E-state index contributed by atoms with van der Waals surface area (Å²) in [7, 11) is -2.53. The second-order valence-corrected chi connectivity index (χ2v) is 9.22. The number of carboxylic acid groups (broad SMARTS) is 1. The number of hydrogen-bond acceptors (Lipinski definition) is 6. The molecule has 0 bridgehead atoms. The highest BCUT2D eigenvalue weighted by atomic mass is 32.2. The Morgan fingerprint density at radius 3 is 2.50 bits per heavy atom. The van der Waals surface area contributed by atoms with E-state index in [2.05, 4.69) is 0 Å². The zero-order chi connectivity index (χ0) is 20.1. The van der Waals surface area contributed by atoms with E-state index in [-0.39, 0.29) is 18.3 Å². The summed E-state index contributed by atoms with van der Waals surface area (Å²) in [5.74, 6) is -0.925. The van der Waals surface area contributed by atoms with Crippen LogP contribution in [0.5, 0.6) is 11.5 Å². The number of aliphatic carboxylic acids is 1. The molecule has 0 saturated heterocycles. The second-order valence-electron chi connectivity index (χ2n) is 7.15. The van der Waals surface area contributed by atoms with E-state index in [9.17, 15) is 18.3 Å². The van der Waals surface area contributed by atoms with E-state index in [0.717, 1.165) is 5.56 Å². The van der Waals surface area contributed by atoms with Gasteiger partial charge in [-0.1, -0.05) is 23.8 Å². The van der Waals surface area contributed by atoms with Crippen LogP contribution in [0.2, 0.25) is 0 Å². The third-order valence-corrected chi connectivity index (χ3v) is 7.77. The van der Waals surface area contributed by atoms with Crippen molar-refractivity contribution in [2.75, 3.05) is 20.5 Å². The van der Waals surface area contributed by atoms with Gasteiger partial charge in [-0.05, 0) is 36.8 Å². The van der Waals surface area contributed by atoms with Crippen molar-refractivity contribution in [1.29, 1.82) is 0 Å². The molecule has 1 fully saturated rings. The Morgan fingerprint density at radius 2 is 1.86 bits per heavy atom. The Labute approximate surface area is 162 Å². The third-order valence-electron chi connectivity index (χ3n) is 5.48. The minimum atomic E-state index is -3.90. The number of methoxy groups -OCH3 is 1. The highest BCUT2D eigenvalue weighted by Gasteiger charge is 2.76. The summed E-state index contributed by atoms with van der Waals surface area (Å²) >= 11 is 0. The van der Waals surface area contributed by atoms with Crippen LogP contribution in [0.4, 0.5) is 0 Å². The summed E-state index contributed by atoms with van der Waals surface area (Å²) in [5.41, 5.74) is -0.0700. The molecular weight excluding hydrogens is 384 g/mol. The van der Waals surface area contributed by atoms with Gasteiger partial charge in [0.1, 0.15) is 5.41 Å². The first-order valence-corrected chi connectivity index (χ1v) is 10.3. The van der Waals surface area contributed by atoms with Crippen LogP contribution in [-0.2, 0) is 19.4 Å². The maximum Gasteiger partial charge on any atom is 0.314 e. The Hall–Kier alpha value is -2.58. The Balaban J connectivity index is 1.81. The molecule has 0 unspecified atom stereocenters. The fraction of sp³-hybridized carbons (Fsp3) is 0.350. The van der Waals surface area contributed by atoms with E-state index in [0.29, 0.717) is 17.1 Å². The molecular formula is C20H20O7S. The van der Waals surface area contributed by atoms with Gasteiger partial charge in [0.25, 0.3) is 0 Å². The molecule has 1 heterocycles. The molecule has 1 N–H and O–H groups in total. The maximum absolute atomic E-state index is 13.3. The molecule has 2 aromatic rings. The first-order valence-electron chi connectivity index (χ1n) is 8.75. The number of benzene rings is 2. The van der Waals surface area contributed by atoms with Crippen LogP contribution in [0.15, 0.2) is 47.4 Å². The first-order chi connectivity index (χ1) is 13.3. The van der Waals surface area contributed by atoms with Gasteiger partial charge in [0.15, 0.2) is 21.3 Å². The van der Waals surface area contributed by atoms with Gasteiger partial charge in [0.2, 0.25) is 6.79 Å². The summed E-state index contributed by atoms with van der Waals surface area (Å²) in [5, 5.41) is 8.85. The molecule has 1 aliphatic heterocycles. The lowest BCUT2D eigenvalue weighted by Crippen LogP contribution is -2.28. The molecule has 0 radical (unpaired) electrons. The quantitative estimate of drug-likeness (QED) is 0.789. The SMILES string of the molecule is COC[C@@]1(C(=O)O)[C@H](S(=O)(=O)c2ccc(C)cc2)[C@@H]1c1ccc2c(c1)OCO2. The third kappa shape index (κ3) is 2.67. The van der Waals surface area contributed by atoms with Gasteiger partial charge in [-0.15, -0.1) is 0 Å². The van der Waals surface area contributed by atoms with Gasteiger partial charge in [0, 0.05) is 13.0 Å². The van der Waals surface area contributed by atoms with E-state index in [4.69, 9.17) is 14.2 Å². The average Bonchev–Trinajstić information content (AvgIpc) is 3.13. The first kappa shape index (κ1) is 18.8. The number of ether oxygens (including phenoxy) is 3. The largest absolute Gasteiger partial charge is 0.481 e. The number of fused-ring (bicyclic) bond motifs is 1. The maximum atomic E-state index is 13.3. The lowest BCUT2D eigenvalue weighted by molar-refractivity contribution is -0.145. The van der Waals surface area contributed by atoms with Crippen LogP contribution in [-0.4, -0.2) is 45.3 Å². The van der Waals surface area contributed by atoms with Gasteiger partial charge >= 0.3 is 5.97 Å². The highest BCUT2D eigenvalue weighted by molar-refractivity contribution is 7.92. The molecule has 1 saturated carbocycles. The molecule has 2 aliphatic rings. The molecule has 3 atom stereocenters. The van der Waals surface area contributed by atoms with Crippen molar-refractivity contribution in [2.45, 2.75) is 23.0 Å². The zero-order valence-corrected chi connectivity index (χ0v) is 16.2. The molecule has 8 heteroatoms. The van der Waals surface area contributed by atoms with Crippen molar-refractivity contribution in [1.82, 2.24) is 0 Å². The number of aryl methyl sites for hydroxylation is 1. The van der Waals surface area contributed by atoms with Crippen molar-refractivity contribution in [3.8, 4) is 11.5 Å². The van der Waals surface area contributed by atoms with Gasteiger partial charge in [-0.2, -0.15) is 0 Å². The summed E-state index contributed by atoms with van der Waals surface area (Å²) < 4.78 is 42.5. The lowest BCUT2D eigenvalue weighted by atomic mass is 9.99. The van der Waals surface area contributed by atoms with Crippen LogP contribution in [0.25, 0.3) is 0 Å². The lowest BCUT2D eigenvalue weighted by Gasteiger charge is -2.12. The monoisotopic (exact) mass is 404 g/mol. The molecule has 0 spiro atoms. The normalized spacial score (nSPS) is 25.5. The zero-order valence-electron chi connectivity index (χ0n) is 15.4. The molecule has 148 valence electrons. The van der Waals surface area contributed by atoms with Crippen LogP contribution >= 0.6 is 0 Å². The fourth-order valence-corrected chi connectivity index (χ4v) is 6.40. The molecule has 2 aromatic carbocycles. The Morgan fingerprint density at radius 1 is 1.18 bits per heavy atom. The molecule has 0 aromatic heterocycles. The van der Waals surface area contributed by atoms with Crippen molar-refractivity contribution in [3.05, 3.63) is 53.6 Å². The summed E-state index contributed by atoms with van der Waals surface area (Å²) in [6.45, 7) is 1.73. The van der Waals surface area contributed by atoms with Gasteiger partial charge in [-0.3, -0.25) is 4.79 Å². The summed E-state index contributed by atoms with van der Waals surface area (Å²) in [6.07, 6.45) is 0. The van der Waals surface area contributed by atoms with Gasteiger partial charge in [0.05, 0.1) is 16.8 Å². The number of carboxylic acids is 1. The summed E-state index contributed by atoms with van der Waals surface area (Å²) in [6, 6.07) is 11.4. The Bertz CT molecular complexity index is 1030. The van der Waals surface area contributed by atoms with E-state index in [1.807, 2.05) is 6.92 Å². The number of hydrogen-bond donors (Lipinski definition) is 1. The Kier molecular flexibility index (Phi) is 4.35. The fourth-order valence-electron chi connectivity index (χ4n) is 4.04. The van der Waals surface area contributed by atoms with E-state index >= 15 is 0 Å². The average molecular weight is 404 g/mol. The predicted molar refractivity (Wildman–Crippen MR) is 99.4 cm³/mol. The van der Waals surface area contributed by atoms with Crippen molar-refractivity contribution < 1.29 is 32.5 Å². The smallest absolute Gasteiger partial charge is 0.314 e. The number of rotatable bonds is 6. The standard InChI is InChI=1S/C20H20O7S/c1-12-3-6-14(7-4-12)28(23,24)18-17(20(18,10-25-2)19(21)22)13-5-8-15-16(9-13)27-11-26-15/h3-9,17-18H,10-11H2,1-2H3,(H,21,22)/t17-,18+,20-/m0/s1. The predicted octanol–water partition coefficient (Wildman–Crippen LogP) is 2.38. The van der Waals surface area contributed by atoms with E-state index in [1.165, 1.54) is 19.2 Å². The molecule has 0 amide bonds.